The average Bonchev–Trinajstić information content (AvgIpc) is 3.52. The lowest BCUT2D eigenvalue weighted by atomic mass is 9.91. The van der Waals surface area contributed by atoms with Gasteiger partial charge < -0.3 is 29.6 Å². The van der Waals surface area contributed by atoms with E-state index in [0.717, 1.165) is 16.7 Å². The van der Waals surface area contributed by atoms with E-state index in [4.69, 9.17) is 18.9 Å². The van der Waals surface area contributed by atoms with Crippen LogP contribution in [0.2, 0.25) is 0 Å². The fourth-order valence-electron chi connectivity index (χ4n) is 5.35. The van der Waals surface area contributed by atoms with Crippen LogP contribution >= 0.6 is 0 Å². The molecule has 7 heteroatoms. The fourth-order valence-corrected chi connectivity index (χ4v) is 5.35. The van der Waals surface area contributed by atoms with E-state index < -0.39 is 5.60 Å². The molecule has 3 aromatic rings. The van der Waals surface area contributed by atoms with Gasteiger partial charge in [-0.1, -0.05) is 91.0 Å². The van der Waals surface area contributed by atoms with Crippen molar-refractivity contribution in [2.45, 2.75) is 56.2 Å². The van der Waals surface area contributed by atoms with E-state index in [1.54, 1.807) is 7.05 Å². The van der Waals surface area contributed by atoms with Crippen molar-refractivity contribution in [1.82, 2.24) is 10.6 Å². The summed E-state index contributed by atoms with van der Waals surface area (Å²) in [7, 11) is 1.65. The first-order valence-electron chi connectivity index (χ1n) is 13.2. The van der Waals surface area contributed by atoms with Crippen LogP contribution in [0.4, 0.5) is 0 Å². The Morgan fingerprint density at radius 1 is 0.868 bits per heavy atom. The van der Waals surface area contributed by atoms with Crippen LogP contribution in [0.25, 0.3) is 0 Å². The highest BCUT2D eigenvalue weighted by Crippen LogP contribution is 2.42. The minimum atomic E-state index is -0.714. The summed E-state index contributed by atoms with van der Waals surface area (Å²) in [6, 6.07) is 29.9. The highest BCUT2D eigenvalue weighted by molar-refractivity contribution is 5.82. The van der Waals surface area contributed by atoms with Gasteiger partial charge in [0.2, 0.25) is 5.91 Å². The van der Waals surface area contributed by atoms with Crippen LogP contribution in [0.15, 0.2) is 91.0 Å². The molecule has 1 spiro atoms. The molecule has 0 saturated carbocycles. The quantitative estimate of drug-likeness (QED) is 0.406. The number of nitrogens with one attached hydrogen (secondary N) is 2. The van der Waals surface area contributed by atoms with Gasteiger partial charge in [-0.2, -0.15) is 0 Å². The number of hydrogen-bond donors (Lipinski definition) is 2. The van der Waals surface area contributed by atoms with Crippen LogP contribution < -0.4 is 10.6 Å². The monoisotopic (exact) mass is 516 g/mol. The Labute approximate surface area is 224 Å². The third-order valence-corrected chi connectivity index (χ3v) is 7.28. The molecule has 7 nitrogen and oxygen atoms in total. The number of carbonyl (C=O) groups excluding carboxylic acids is 1. The number of rotatable bonds is 11. The summed E-state index contributed by atoms with van der Waals surface area (Å²) in [4.78, 5) is 12.5. The van der Waals surface area contributed by atoms with Crippen molar-refractivity contribution in [1.29, 1.82) is 0 Å². The largest absolute Gasteiger partial charge is 0.374 e. The van der Waals surface area contributed by atoms with Gasteiger partial charge in [-0.05, 0) is 16.7 Å². The van der Waals surface area contributed by atoms with Crippen LogP contribution in [-0.2, 0) is 43.6 Å². The Morgan fingerprint density at radius 2 is 1.42 bits per heavy atom. The van der Waals surface area contributed by atoms with E-state index in [1.165, 1.54) is 0 Å². The van der Waals surface area contributed by atoms with Crippen molar-refractivity contribution in [3.8, 4) is 0 Å². The Balaban J connectivity index is 1.37. The molecular weight excluding hydrogens is 480 g/mol. The standard InChI is InChI=1S/C31H36N2O5/c1-32-30(34)26-17-31(22-33-26)29(37-20-25-15-9-4-10-16-25)28(36-19-24-13-7-3-8-14-24)27(38-31)21-35-18-23-11-5-2-6-12-23/h2-16,26-29,33H,17-22H2,1H3,(H,32,34)/t26-,27-,28-,29+,31+/m1/s1. The van der Waals surface area contributed by atoms with E-state index in [0.29, 0.717) is 39.4 Å². The lowest BCUT2D eigenvalue weighted by Crippen LogP contribution is -2.47. The van der Waals surface area contributed by atoms with Crippen LogP contribution in [0.1, 0.15) is 23.1 Å². The Hall–Kier alpha value is -3.07. The second-order valence-electron chi connectivity index (χ2n) is 9.95. The number of amides is 1. The molecule has 2 N–H and O–H groups in total. The smallest absolute Gasteiger partial charge is 0.236 e. The zero-order valence-electron chi connectivity index (χ0n) is 21.8. The zero-order valence-corrected chi connectivity index (χ0v) is 21.8. The normalized spacial score (nSPS) is 26.6. The third-order valence-electron chi connectivity index (χ3n) is 7.28. The van der Waals surface area contributed by atoms with Gasteiger partial charge in [0.1, 0.15) is 23.9 Å². The van der Waals surface area contributed by atoms with Gasteiger partial charge in [-0.15, -0.1) is 0 Å². The maximum absolute atomic E-state index is 12.5. The molecule has 2 aliphatic heterocycles. The average molecular weight is 517 g/mol. The van der Waals surface area contributed by atoms with Gasteiger partial charge in [0.15, 0.2) is 0 Å². The van der Waals surface area contributed by atoms with Crippen LogP contribution in [0.5, 0.6) is 0 Å². The Morgan fingerprint density at radius 3 is 2.00 bits per heavy atom. The summed E-state index contributed by atoms with van der Waals surface area (Å²) >= 11 is 0. The molecule has 0 unspecified atom stereocenters. The highest BCUT2D eigenvalue weighted by Gasteiger charge is 2.60. The van der Waals surface area contributed by atoms with Crippen LogP contribution in [-0.4, -0.2) is 56.1 Å². The van der Waals surface area contributed by atoms with Gasteiger partial charge in [-0.3, -0.25) is 4.79 Å². The number of ether oxygens (including phenoxy) is 4. The molecular formula is C31H36N2O5. The van der Waals surface area contributed by atoms with E-state index in [9.17, 15) is 4.79 Å². The maximum Gasteiger partial charge on any atom is 0.236 e. The van der Waals surface area contributed by atoms with Crippen molar-refractivity contribution < 1.29 is 23.7 Å². The van der Waals surface area contributed by atoms with Crippen LogP contribution in [0.3, 0.4) is 0 Å². The van der Waals surface area contributed by atoms with Crippen LogP contribution in [0, 0.1) is 0 Å². The first kappa shape index (κ1) is 26.5. The molecule has 38 heavy (non-hydrogen) atoms. The highest BCUT2D eigenvalue weighted by atomic mass is 16.6. The summed E-state index contributed by atoms with van der Waals surface area (Å²) in [6.45, 7) is 2.17. The molecule has 3 aromatic carbocycles. The molecule has 5 rings (SSSR count). The van der Waals surface area contributed by atoms with E-state index in [-0.39, 0.29) is 30.3 Å². The lowest BCUT2D eigenvalue weighted by Gasteiger charge is -2.31. The fraction of sp³-hybridized carbons (Fsp3) is 0.387. The lowest BCUT2D eigenvalue weighted by molar-refractivity contribution is -0.125. The molecule has 2 saturated heterocycles. The first-order valence-corrected chi connectivity index (χ1v) is 13.2. The number of likely N-dealkylation sites (N-methyl/N-ethyl adjacent to an activating group) is 1. The second kappa shape index (κ2) is 12.7. The van der Waals surface area contributed by atoms with Crippen molar-refractivity contribution in [3.63, 3.8) is 0 Å². The van der Waals surface area contributed by atoms with E-state index in [2.05, 4.69) is 10.6 Å². The molecule has 2 fully saturated rings. The summed E-state index contributed by atoms with van der Waals surface area (Å²) in [6.07, 6.45) is -0.626. The molecule has 5 atom stereocenters. The van der Waals surface area contributed by atoms with Crippen molar-refractivity contribution >= 4 is 5.91 Å². The molecule has 200 valence electrons. The van der Waals surface area contributed by atoms with Crippen molar-refractivity contribution in [2.24, 2.45) is 0 Å². The minimum absolute atomic E-state index is 0.0576. The van der Waals surface area contributed by atoms with Gasteiger partial charge in [0.25, 0.3) is 0 Å². The molecule has 1 amide bonds. The third kappa shape index (κ3) is 6.31. The van der Waals surface area contributed by atoms with Gasteiger partial charge in [0, 0.05) is 20.0 Å². The molecule has 2 aliphatic rings. The van der Waals surface area contributed by atoms with Gasteiger partial charge in [-0.25, -0.2) is 0 Å². The summed E-state index contributed by atoms with van der Waals surface area (Å²) in [5, 5.41) is 6.11. The first-order chi connectivity index (χ1) is 18.7. The molecule has 0 radical (unpaired) electrons. The maximum atomic E-state index is 12.5. The molecule has 0 aliphatic carbocycles. The van der Waals surface area contributed by atoms with Crippen molar-refractivity contribution in [2.75, 3.05) is 20.2 Å². The molecule has 0 bridgehead atoms. The predicted octanol–water partition coefficient (Wildman–Crippen LogP) is 3.62. The van der Waals surface area contributed by atoms with Gasteiger partial charge in [0.05, 0.1) is 32.5 Å². The SMILES string of the molecule is CNC(=O)[C@H]1C[C@@]2(CN1)O[C@H](COCc1ccccc1)[C@@H](OCc1ccccc1)[C@@H]2OCc1ccccc1. The molecule has 0 aromatic heterocycles. The van der Waals surface area contributed by atoms with Crippen molar-refractivity contribution in [3.05, 3.63) is 108 Å². The van der Waals surface area contributed by atoms with E-state index >= 15 is 0 Å². The zero-order chi connectivity index (χ0) is 26.2. The Kier molecular flexibility index (Phi) is 8.83. The topological polar surface area (TPSA) is 78.1 Å². The number of carbonyl (C=O) groups is 1. The second-order valence-corrected chi connectivity index (χ2v) is 9.95. The predicted molar refractivity (Wildman–Crippen MR) is 144 cm³/mol. The number of hydrogen-bond acceptors (Lipinski definition) is 6. The summed E-state index contributed by atoms with van der Waals surface area (Å²) < 4.78 is 26.1. The Bertz CT molecular complexity index is 1150. The number of benzene rings is 3. The minimum Gasteiger partial charge on any atom is -0.374 e. The molecule has 2 heterocycles. The summed E-state index contributed by atoms with van der Waals surface area (Å²) in [5.74, 6) is -0.0576. The summed E-state index contributed by atoms with van der Waals surface area (Å²) in [5.41, 5.74) is 2.53. The van der Waals surface area contributed by atoms with E-state index in [1.807, 2.05) is 91.0 Å². The van der Waals surface area contributed by atoms with Gasteiger partial charge >= 0.3 is 0 Å².